The standard InChI is InChI=1S/C18H24N2O/c1-4-17-10-8-14(3)20(17)18(21)16-9-7-13(2)15(12-16)6-5-11-19/h7,9,12,14,17H,4,8,10-11,19H2,1-3H3. The minimum absolute atomic E-state index is 0.127. The lowest BCUT2D eigenvalue weighted by molar-refractivity contribution is 0.0676. The highest BCUT2D eigenvalue weighted by Crippen LogP contribution is 2.28. The van der Waals surface area contributed by atoms with Crippen molar-refractivity contribution in [2.75, 3.05) is 6.54 Å². The minimum atomic E-state index is 0.127. The molecular weight excluding hydrogens is 260 g/mol. The molecule has 1 aliphatic rings. The molecule has 1 aromatic rings. The molecule has 21 heavy (non-hydrogen) atoms. The van der Waals surface area contributed by atoms with Gasteiger partial charge >= 0.3 is 0 Å². The molecule has 2 unspecified atom stereocenters. The van der Waals surface area contributed by atoms with E-state index < -0.39 is 0 Å². The Hall–Kier alpha value is -1.79. The van der Waals surface area contributed by atoms with Gasteiger partial charge in [-0.1, -0.05) is 24.8 Å². The van der Waals surface area contributed by atoms with Crippen LogP contribution in [0.15, 0.2) is 18.2 Å². The number of nitrogens with zero attached hydrogens (tertiary/aromatic N) is 1. The average molecular weight is 284 g/mol. The summed E-state index contributed by atoms with van der Waals surface area (Å²) in [6.45, 7) is 6.62. The van der Waals surface area contributed by atoms with Crippen LogP contribution in [0.1, 0.15) is 54.6 Å². The van der Waals surface area contributed by atoms with Crippen LogP contribution in [0.2, 0.25) is 0 Å². The molecule has 1 saturated heterocycles. The maximum absolute atomic E-state index is 12.8. The fraction of sp³-hybridized carbons (Fsp3) is 0.500. The molecule has 1 heterocycles. The van der Waals surface area contributed by atoms with E-state index in [0.717, 1.165) is 36.0 Å². The molecule has 1 fully saturated rings. The first-order valence-corrected chi connectivity index (χ1v) is 7.70. The van der Waals surface area contributed by atoms with Crippen molar-refractivity contribution in [3.05, 3.63) is 34.9 Å². The number of hydrogen-bond acceptors (Lipinski definition) is 2. The largest absolute Gasteiger partial charge is 0.333 e. The molecule has 0 aliphatic carbocycles. The van der Waals surface area contributed by atoms with Crippen molar-refractivity contribution in [2.24, 2.45) is 5.73 Å². The predicted octanol–water partition coefficient (Wildman–Crippen LogP) is 2.71. The third kappa shape index (κ3) is 3.28. The summed E-state index contributed by atoms with van der Waals surface area (Å²) in [6, 6.07) is 6.46. The number of benzene rings is 1. The maximum atomic E-state index is 12.8. The van der Waals surface area contributed by atoms with E-state index in [4.69, 9.17) is 5.73 Å². The van der Waals surface area contributed by atoms with E-state index in [9.17, 15) is 4.79 Å². The summed E-state index contributed by atoms with van der Waals surface area (Å²) in [5.41, 5.74) is 8.13. The zero-order valence-corrected chi connectivity index (χ0v) is 13.1. The lowest BCUT2D eigenvalue weighted by Gasteiger charge is -2.28. The molecule has 112 valence electrons. The summed E-state index contributed by atoms with van der Waals surface area (Å²) in [5, 5.41) is 0. The molecule has 0 bridgehead atoms. The summed E-state index contributed by atoms with van der Waals surface area (Å²) in [4.78, 5) is 14.9. The second-order valence-corrected chi connectivity index (χ2v) is 5.74. The molecule has 1 aliphatic heterocycles. The molecule has 2 rings (SSSR count). The van der Waals surface area contributed by atoms with Crippen molar-refractivity contribution in [3.63, 3.8) is 0 Å². The molecule has 1 amide bonds. The van der Waals surface area contributed by atoms with Gasteiger partial charge in [-0.15, -0.1) is 0 Å². The Morgan fingerprint density at radius 2 is 2.19 bits per heavy atom. The van der Waals surface area contributed by atoms with Crippen molar-refractivity contribution in [2.45, 2.75) is 52.1 Å². The molecule has 0 radical (unpaired) electrons. The molecule has 2 N–H and O–H groups in total. The summed E-state index contributed by atoms with van der Waals surface area (Å²) in [5.74, 6) is 6.04. The summed E-state index contributed by atoms with van der Waals surface area (Å²) >= 11 is 0. The fourth-order valence-corrected chi connectivity index (χ4v) is 3.02. The molecule has 3 nitrogen and oxygen atoms in total. The normalized spacial score (nSPS) is 21.0. The van der Waals surface area contributed by atoms with E-state index in [1.54, 1.807) is 0 Å². The number of aryl methyl sites for hydroxylation is 1. The molecule has 0 spiro atoms. The third-order valence-electron chi connectivity index (χ3n) is 4.30. The Bertz CT molecular complexity index is 583. The van der Waals surface area contributed by atoms with Crippen LogP contribution in [0.3, 0.4) is 0 Å². The number of carbonyl (C=O) groups is 1. The number of likely N-dealkylation sites (tertiary alicyclic amines) is 1. The monoisotopic (exact) mass is 284 g/mol. The Kier molecular flexibility index (Phi) is 5.03. The van der Waals surface area contributed by atoms with Crippen LogP contribution in [-0.2, 0) is 0 Å². The molecule has 2 atom stereocenters. The van der Waals surface area contributed by atoms with Gasteiger partial charge in [0.1, 0.15) is 0 Å². The highest BCUT2D eigenvalue weighted by molar-refractivity contribution is 5.95. The molecule has 0 aromatic heterocycles. The first-order chi connectivity index (χ1) is 10.1. The minimum Gasteiger partial charge on any atom is -0.333 e. The van der Waals surface area contributed by atoms with Crippen molar-refractivity contribution in [1.29, 1.82) is 0 Å². The summed E-state index contributed by atoms with van der Waals surface area (Å²) < 4.78 is 0. The lowest BCUT2D eigenvalue weighted by Crippen LogP contribution is -2.39. The van der Waals surface area contributed by atoms with Crippen molar-refractivity contribution in [3.8, 4) is 11.8 Å². The fourth-order valence-electron chi connectivity index (χ4n) is 3.02. The van der Waals surface area contributed by atoms with Crippen LogP contribution < -0.4 is 5.73 Å². The van der Waals surface area contributed by atoms with Crippen molar-refractivity contribution < 1.29 is 4.79 Å². The van der Waals surface area contributed by atoms with Gasteiger partial charge in [0.05, 0.1) is 6.54 Å². The van der Waals surface area contributed by atoms with Gasteiger partial charge in [-0.25, -0.2) is 0 Å². The van der Waals surface area contributed by atoms with E-state index in [1.807, 2.05) is 30.0 Å². The number of rotatable bonds is 2. The van der Waals surface area contributed by atoms with Crippen LogP contribution in [0.25, 0.3) is 0 Å². The van der Waals surface area contributed by atoms with Gasteiger partial charge in [-0.3, -0.25) is 4.79 Å². The van der Waals surface area contributed by atoms with Crippen LogP contribution in [0.4, 0.5) is 0 Å². The van der Waals surface area contributed by atoms with Crippen LogP contribution in [-0.4, -0.2) is 29.4 Å². The van der Waals surface area contributed by atoms with E-state index in [-0.39, 0.29) is 5.91 Å². The summed E-state index contributed by atoms with van der Waals surface area (Å²) in [6.07, 6.45) is 3.22. The quantitative estimate of drug-likeness (QED) is 0.849. The van der Waals surface area contributed by atoms with Crippen molar-refractivity contribution in [1.82, 2.24) is 4.90 Å². The van der Waals surface area contributed by atoms with Crippen LogP contribution in [0.5, 0.6) is 0 Å². The highest BCUT2D eigenvalue weighted by atomic mass is 16.2. The predicted molar refractivity (Wildman–Crippen MR) is 86.1 cm³/mol. The first kappa shape index (κ1) is 15.6. The van der Waals surface area contributed by atoms with Gasteiger partial charge in [-0.2, -0.15) is 0 Å². The SMILES string of the molecule is CCC1CCC(C)N1C(=O)c1ccc(C)c(C#CCN)c1. The zero-order chi connectivity index (χ0) is 15.4. The Labute approximate surface area is 127 Å². The van der Waals surface area contributed by atoms with Gasteiger partial charge in [0.25, 0.3) is 5.91 Å². The average Bonchev–Trinajstić information content (AvgIpc) is 2.86. The first-order valence-electron chi connectivity index (χ1n) is 7.70. The summed E-state index contributed by atoms with van der Waals surface area (Å²) in [7, 11) is 0. The molecular formula is C18H24N2O. The lowest BCUT2D eigenvalue weighted by atomic mass is 10.0. The molecule has 3 heteroatoms. The van der Waals surface area contributed by atoms with Gasteiger partial charge in [0, 0.05) is 23.2 Å². The smallest absolute Gasteiger partial charge is 0.254 e. The highest BCUT2D eigenvalue weighted by Gasteiger charge is 2.33. The Morgan fingerprint density at radius 1 is 1.43 bits per heavy atom. The number of amides is 1. The van der Waals surface area contributed by atoms with E-state index in [2.05, 4.69) is 25.7 Å². The van der Waals surface area contributed by atoms with Crippen molar-refractivity contribution >= 4 is 5.91 Å². The van der Waals surface area contributed by atoms with Gasteiger partial charge in [0.2, 0.25) is 0 Å². The Balaban J connectivity index is 2.31. The van der Waals surface area contributed by atoms with E-state index >= 15 is 0 Å². The second kappa shape index (κ2) is 6.78. The number of hydrogen-bond donors (Lipinski definition) is 1. The third-order valence-corrected chi connectivity index (χ3v) is 4.30. The number of carbonyl (C=O) groups excluding carboxylic acids is 1. The van der Waals surface area contributed by atoms with Gasteiger partial charge < -0.3 is 10.6 Å². The molecule has 0 saturated carbocycles. The zero-order valence-electron chi connectivity index (χ0n) is 13.1. The maximum Gasteiger partial charge on any atom is 0.254 e. The molecule has 1 aromatic carbocycles. The second-order valence-electron chi connectivity index (χ2n) is 5.74. The van der Waals surface area contributed by atoms with Crippen LogP contribution in [0, 0.1) is 18.8 Å². The Morgan fingerprint density at radius 3 is 2.86 bits per heavy atom. The van der Waals surface area contributed by atoms with E-state index in [1.165, 1.54) is 0 Å². The van der Waals surface area contributed by atoms with Crippen LogP contribution >= 0.6 is 0 Å². The van der Waals surface area contributed by atoms with Gasteiger partial charge in [0.15, 0.2) is 0 Å². The topological polar surface area (TPSA) is 46.3 Å². The number of nitrogens with two attached hydrogens (primary N) is 1. The van der Waals surface area contributed by atoms with E-state index in [0.29, 0.717) is 18.6 Å². The van der Waals surface area contributed by atoms with Gasteiger partial charge in [-0.05, 0) is 50.8 Å².